The van der Waals surface area contributed by atoms with Crippen molar-refractivity contribution in [1.29, 1.82) is 0 Å². The van der Waals surface area contributed by atoms with E-state index in [0.717, 1.165) is 30.0 Å². The highest BCUT2D eigenvalue weighted by molar-refractivity contribution is 7.99. The second-order valence-corrected chi connectivity index (χ2v) is 5.25. The molecule has 1 aliphatic rings. The van der Waals surface area contributed by atoms with Crippen LogP contribution in [0, 0.1) is 5.92 Å². The summed E-state index contributed by atoms with van der Waals surface area (Å²) in [6.07, 6.45) is 2.05. The Morgan fingerprint density at radius 2 is 2.19 bits per heavy atom. The molecule has 1 aliphatic heterocycles. The molecule has 1 amide bonds. The molecule has 3 heteroatoms. The van der Waals surface area contributed by atoms with Crippen molar-refractivity contribution in [3.8, 4) is 0 Å². The lowest BCUT2D eigenvalue weighted by atomic mass is 10.1. The Balaban J connectivity index is 1.94. The number of rotatable bonds is 3. The van der Waals surface area contributed by atoms with E-state index in [0.29, 0.717) is 0 Å². The second kappa shape index (κ2) is 5.39. The van der Waals surface area contributed by atoms with Crippen LogP contribution < -0.4 is 5.32 Å². The maximum absolute atomic E-state index is 11.8. The Hall–Kier alpha value is -0.960. The Morgan fingerprint density at radius 3 is 2.75 bits per heavy atom. The lowest BCUT2D eigenvalue weighted by Gasteiger charge is -2.10. The Bertz CT molecular complexity index is 355. The summed E-state index contributed by atoms with van der Waals surface area (Å²) >= 11 is 1.87. The Morgan fingerprint density at radius 1 is 1.44 bits per heavy atom. The summed E-state index contributed by atoms with van der Waals surface area (Å²) in [6.45, 7) is 2.13. The zero-order valence-electron chi connectivity index (χ0n) is 9.53. The van der Waals surface area contributed by atoms with Crippen LogP contribution in [0.15, 0.2) is 24.3 Å². The van der Waals surface area contributed by atoms with Crippen LogP contribution in [0.1, 0.15) is 18.9 Å². The molecular formula is C13H17NOS. The summed E-state index contributed by atoms with van der Waals surface area (Å²) < 4.78 is 0. The van der Waals surface area contributed by atoms with Crippen molar-refractivity contribution in [2.75, 3.05) is 16.8 Å². The van der Waals surface area contributed by atoms with E-state index in [4.69, 9.17) is 0 Å². The average molecular weight is 235 g/mol. The van der Waals surface area contributed by atoms with Gasteiger partial charge in [0.1, 0.15) is 0 Å². The number of nitrogens with one attached hydrogen (secondary N) is 1. The van der Waals surface area contributed by atoms with Gasteiger partial charge in [-0.3, -0.25) is 4.79 Å². The van der Waals surface area contributed by atoms with E-state index in [2.05, 4.69) is 24.4 Å². The molecule has 1 aromatic rings. The van der Waals surface area contributed by atoms with Crippen molar-refractivity contribution < 1.29 is 4.79 Å². The van der Waals surface area contributed by atoms with Gasteiger partial charge in [0.15, 0.2) is 0 Å². The molecule has 1 atom stereocenters. The molecule has 86 valence electrons. The van der Waals surface area contributed by atoms with E-state index >= 15 is 0 Å². The number of carbonyl (C=O) groups excluding carboxylic acids is 1. The summed E-state index contributed by atoms with van der Waals surface area (Å²) in [7, 11) is 0. The van der Waals surface area contributed by atoms with Crippen molar-refractivity contribution in [2.45, 2.75) is 19.8 Å². The molecule has 16 heavy (non-hydrogen) atoms. The minimum Gasteiger partial charge on any atom is -0.326 e. The fraction of sp³-hybridized carbons (Fsp3) is 0.462. The quantitative estimate of drug-likeness (QED) is 0.872. The van der Waals surface area contributed by atoms with Crippen LogP contribution >= 0.6 is 11.8 Å². The van der Waals surface area contributed by atoms with Crippen LogP contribution in [0.4, 0.5) is 5.69 Å². The maximum Gasteiger partial charge on any atom is 0.228 e. The lowest BCUT2D eigenvalue weighted by Crippen LogP contribution is -2.22. The van der Waals surface area contributed by atoms with Gasteiger partial charge in [-0.1, -0.05) is 19.1 Å². The van der Waals surface area contributed by atoms with E-state index < -0.39 is 0 Å². The highest BCUT2D eigenvalue weighted by atomic mass is 32.2. The van der Waals surface area contributed by atoms with Crippen LogP contribution in [0.2, 0.25) is 0 Å². The van der Waals surface area contributed by atoms with Crippen molar-refractivity contribution in [3.63, 3.8) is 0 Å². The van der Waals surface area contributed by atoms with Crippen LogP contribution in [0.25, 0.3) is 0 Å². The number of thioether (sulfide) groups is 1. The summed E-state index contributed by atoms with van der Waals surface area (Å²) in [6, 6.07) is 8.11. The predicted octanol–water partition coefficient (Wildman–Crippen LogP) is 2.94. The summed E-state index contributed by atoms with van der Waals surface area (Å²) in [4.78, 5) is 11.8. The van der Waals surface area contributed by atoms with Crippen LogP contribution in [0.5, 0.6) is 0 Å². The molecule has 2 nitrogen and oxygen atoms in total. The molecule has 2 rings (SSSR count). The van der Waals surface area contributed by atoms with Gasteiger partial charge in [-0.25, -0.2) is 0 Å². The maximum atomic E-state index is 11.8. The minimum absolute atomic E-state index is 0.175. The van der Waals surface area contributed by atoms with E-state index in [1.807, 2.05) is 23.9 Å². The molecule has 0 radical (unpaired) electrons. The van der Waals surface area contributed by atoms with Crippen LogP contribution in [-0.2, 0) is 11.2 Å². The third-order valence-electron chi connectivity index (χ3n) is 2.93. The highest BCUT2D eigenvalue weighted by Crippen LogP contribution is 2.24. The Labute approximate surface area is 101 Å². The molecule has 0 aliphatic carbocycles. The first-order valence-corrected chi connectivity index (χ1v) is 6.92. The summed E-state index contributed by atoms with van der Waals surface area (Å²) in [5.74, 6) is 2.47. The van der Waals surface area contributed by atoms with Crippen LogP contribution in [-0.4, -0.2) is 17.4 Å². The molecule has 1 fully saturated rings. The summed E-state index contributed by atoms with van der Waals surface area (Å²) in [5.41, 5.74) is 2.22. The molecule has 1 aromatic carbocycles. The minimum atomic E-state index is 0.175. The van der Waals surface area contributed by atoms with Gasteiger partial charge in [0.05, 0.1) is 0 Å². The third kappa shape index (κ3) is 2.79. The topological polar surface area (TPSA) is 29.1 Å². The normalized spacial score (nSPS) is 19.7. The Kier molecular flexibility index (Phi) is 3.88. The average Bonchev–Trinajstić information content (AvgIpc) is 2.83. The van der Waals surface area contributed by atoms with Gasteiger partial charge in [0.25, 0.3) is 0 Å². The standard InChI is InChI=1S/C13H17NOS/c1-2-10-3-5-12(6-4-10)14-13(15)11-7-8-16-9-11/h3-6,11H,2,7-9H2,1H3,(H,14,15). The number of aryl methyl sites for hydroxylation is 1. The summed E-state index contributed by atoms with van der Waals surface area (Å²) in [5, 5.41) is 2.98. The zero-order valence-corrected chi connectivity index (χ0v) is 10.3. The molecular weight excluding hydrogens is 218 g/mol. The van der Waals surface area contributed by atoms with E-state index in [9.17, 15) is 4.79 Å². The predicted molar refractivity (Wildman–Crippen MR) is 69.9 cm³/mol. The van der Waals surface area contributed by atoms with Gasteiger partial charge in [0.2, 0.25) is 5.91 Å². The number of anilines is 1. The van der Waals surface area contributed by atoms with Crippen molar-refractivity contribution in [2.24, 2.45) is 5.92 Å². The third-order valence-corrected chi connectivity index (χ3v) is 4.09. The molecule has 0 spiro atoms. The molecule has 0 bridgehead atoms. The van der Waals surface area contributed by atoms with Gasteiger partial charge in [-0.05, 0) is 36.3 Å². The lowest BCUT2D eigenvalue weighted by molar-refractivity contribution is -0.119. The molecule has 1 saturated heterocycles. The fourth-order valence-corrected chi connectivity index (χ4v) is 3.03. The molecule has 0 aromatic heterocycles. The number of carbonyl (C=O) groups is 1. The van der Waals surface area contributed by atoms with Crippen molar-refractivity contribution >= 4 is 23.4 Å². The first kappa shape index (κ1) is 11.5. The second-order valence-electron chi connectivity index (χ2n) is 4.10. The highest BCUT2D eigenvalue weighted by Gasteiger charge is 2.22. The number of benzene rings is 1. The van der Waals surface area contributed by atoms with E-state index in [1.54, 1.807) is 0 Å². The van der Waals surface area contributed by atoms with Crippen molar-refractivity contribution in [1.82, 2.24) is 0 Å². The first-order valence-electron chi connectivity index (χ1n) is 5.77. The van der Waals surface area contributed by atoms with Gasteiger partial charge < -0.3 is 5.32 Å². The molecule has 1 unspecified atom stereocenters. The smallest absolute Gasteiger partial charge is 0.228 e. The molecule has 0 saturated carbocycles. The fourth-order valence-electron chi connectivity index (χ4n) is 1.81. The van der Waals surface area contributed by atoms with Gasteiger partial charge in [-0.2, -0.15) is 11.8 Å². The monoisotopic (exact) mass is 235 g/mol. The number of hydrogen-bond donors (Lipinski definition) is 1. The molecule has 1 N–H and O–H groups in total. The van der Waals surface area contributed by atoms with Crippen LogP contribution in [0.3, 0.4) is 0 Å². The first-order chi connectivity index (χ1) is 7.79. The van der Waals surface area contributed by atoms with E-state index in [1.165, 1.54) is 5.56 Å². The number of amides is 1. The number of hydrogen-bond acceptors (Lipinski definition) is 2. The largest absolute Gasteiger partial charge is 0.326 e. The van der Waals surface area contributed by atoms with Gasteiger partial charge in [-0.15, -0.1) is 0 Å². The SMILES string of the molecule is CCc1ccc(NC(=O)C2CCSC2)cc1. The molecule has 1 heterocycles. The van der Waals surface area contributed by atoms with Gasteiger partial charge >= 0.3 is 0 Å². The van der Waals surface area contributed by atoms with Gasteiger partial charge in [0, 0.05) is 17.4 Å². The van der Waals surface area contributed by atoms with E-state index in [-0.39, 0.29) is 11.8 Å². The van der Waals surface area contributed by atoms with Crippen molar-refractivity contribution in [3.05, 3.63) is 29.8 Å². The zero-order chi connectivity index (χ0) is 11.4.